The Hall–Kier alpha value is -0.560. The van der Waals surface area contributed by atoms with Gasteiger partial charge in [0.25, 0.3) is 0 Å². The normalized spacial score (nSPS) is 21.5. The molecule has 1 saturated carbocycles. The van der Waals surface area contributed by atoms with Gasteiger partial charge in [-0.15, -0.1) is 0 Å². The van der Waals surface area contributed by atoms with Gasteiger partial charge in [0, 0.05) is 0 Å². The maximum Gasteiger partial charge on any atom is 0.142 e. The summed E-state index contributed by atoms with van der Waals surface area (Å²) < 4.78 is 13.5. The predicted octanol–water partition coefficient (Wildman–Crippen LogP) is 7.58. The van der Waals surface area contributed by atoms with Crippen molar-refractivity contribution in [1.82, 2.24) is 0 Å². The van der Waals surface area contributed by atoms with Crippen LogP contribution < -0.4 is 0 Å². The zero-order valence-electron chi connectivity index (χ0n) is 14.6. The number of hydrogen-bond acceptors (Lipinski definition) is 0. The topological polar surface area (TPSA) is 0 Å². The summed E-state index contributed by atoms with van der Waals surface area (Å²) in [6, 6.07) is 5.25. The highest BCUT2D eigenvalue weighted by Crippen LogP contribution is 2.34. The van der Waals surface area contributed by atoms with E-state index < -0.39 is 0 Å². The molecule has 0 radical (unpaired) electrons. The van der Waals surface area contributed by atoms with E-state index in [0.29, 0.717) is 0 Å². The molecule has 0 N–H and O–H groups in total. The van der Waals surface area contributed by atoms with Crippen molar-refractivity contribution in [2.75, 3.05) is 0 Å². The Morgan fingerprint density at radius 2 is 1.61 bits per heavy atom. The van der Waals surface area contributed by atoms with Gasteiger partial charge in [-0.25, -0.2) is 4.39 Å². The average Bonchev–Trinajstić information content (AvgIpc) is 2.57. The third-order valence-corrected chi connectivity index (χ3v) is 5.81. The highest BCUT2D eigenvalue weighted by Gasteiger charge is 2.20. The molecule has 0 unspecified atom stereocenters. The molecule has 0 spiro atoms. The van der Waals surface area contributed by atoms with E-state index in [1.807, 2.05) is 6.07 Å². The predicted molar refractivity (Wildman–Crippen MR) is 98.6 cm³/mol. The fourth-order valence-corrected chi connectivity index (χ4v) is 4.03. The second kappa shape index (κ2) is 10.3. The molecular weight excluding hydrogens is 307 g/mol. The smallest absolute Gasteiger partial charge is 0.142 e. The third-order valence-electron chi connectivity index (χ3n) is 5.51. The molecule has 0 saturated heterocycles. The van der Waals surface area contributed by atoms with Crippen molar-refractivity contribution >= 4 is 11.6 Å². The number of rotatable bonds is 9. The van der Waals surface area contributed by atoms with Gasteiger partial charge in [-0.05, 0) is 42.4 Å². The highest BCUT2D eigenvalue weighted by atomic mass is 35.5. The van der Waals surface area contributed by atoms with E-state index in [-0.39, 0.29) is 10.8 Å². The molecule has 1 fully saturated rings. The molecule has 1 aromatic rings. The van der Waals surface area contributed by atoms with Crippen molar-refractivity contribution in [2.45, 2.75) is 84.0 Å². The zero-order valence-corrected chi connectivity index (χ0v) is 15.4. The quantitative estimate of drug-likeness (QED) is 0.407. The van der Waals surface area contributed by atoms with E-state index >= 15 is 0 Å². The minimum absolute atomic E-state index is 0.230. The molecule has 1 aliphatic carbocycles. The van der Waals surface area contributed by atoms with Crippen molar-refractivity contribution in [3.05, 3.63) is 34.6 Å². The van der Waals surface area contributed by atoms with Crippen LogP contribution in [0.3, 0.4) is 0 Å². The van der Waals surface area contributed by atoms with Crippen LogP contribution in [0.2, 0.25) is 5.02 Å². The fourth-order valence-electron chi connectivity index (χ4n) is 3.91. The van der Waals surface area contributed by atoms with Gasteiger partial charge in [-0.3, -0.25) is 0 Å². The van der Waals surface area contributed by atoms with Crippen LogP contribution in [0.4, 0.5) is 4.39 Å². The lowest BCUT2D eigenvalue weighted by Gasteiger charge is -2.28. The first-order valence-electron chi connectivity index (χ1n) is 9.63. The lowest BCUT2D eigenvalue weighted by atomic mass is 9.77. The SMILES string of the molecule is CCCCCCCC1CCC(CCc2ccc(Cl)c(F)c2)CC1. The fraction of sp³-hybridized carbons (Fsp3) is 0.714. The minimum atomic E-state index is -0.282. The van der Waals surface area contributed by atoms with E-state index in [9.17, 15) is 4.39 Å². The minimum Gasteiger partial charge on any atom is -0.205 e. The number of hydrogen-bond donors (Lipinski definition) is 0. The number of benzene rings is 1. The molecule has 0 bridgehead atoms. The second-order valence-corrected chi connectivity index (χ2v) is 7.78. The summed E-state index contributed by atoms with van der Waals surface area (Å²) in [5.74, 6) is 1.53. The van der Waals surface area contributed by atoms with Gasteiger partial charge < -0.3 is 0 Å². The summed E-state index contributed by atoms with van der Waals surface area (Å²) in [6.07, 6.45) is 16.2. The maximum absolute atomic E-state index is 13.5. The first-order valence-corrected chi connectivity index (χ1v) is 10.0. The summed E-state index contributed by atoms with van der Waals surface area (Å²) in [4.78, 5) is 0. The van der Waals surface area contributed by atoms with E-state index in [4.69, 9.17) is 11.6 Å². The molecule has 0 atom stereocenters. The van der Waals surface area contributed by atoms with Crippen LogP contribution >= 0.6 is 11.6 Å². The highest BCUT2D eigenvalue weighted by molar-refractivity contribution is 6.30. The molecule has 2 heteroatoms. The monoisotopic (exact) mass is 338 g/mol. The molecule has 2 rings (SSSR count). The van der Waals surface area contributed by atoms with Crippen LogP contribution in [0.1, 0.15) is 83.1 Å². The first kappa shape index (κ1) is 18.8. The van der Waals surface area contributed by atoms with E-state index in [1.165, 1.54) is 70.6 Å². The van der Waals surface area contributed by atoms with Crippen LogP contribution in [-0.4, -0.2) is 0 Å². The van der Waals surface area contributed by atoms with Gasteiger partial charge in [0.05, 0.1) is 5.02 Å². The lowest BCUT2D eigenvalue weighted by molar-refractivity contribution is 0.248. The van der Waals surface area contributed by atoms with Gasteiger partial charge >= 0.3 is 0 Å². The summed E-state index contributed by atoms with van der Waals surface area (Å²) in [7, 11) is 0. The van der Waals surface area contributed by atoms with E-state index in [1.54, 1.807) is 12.1 Å². The summed E-state index contributed by atoms with van der Waals surface area (Å²) in [5, 5.41) is 0.230. The number of aryl methyl sites for hydroxylation is 1. The summed E-state index contributed by atoms with van der Waals surface area (Å²) >= 11 is 5.74. The first-order chi connectivity index (χ1) is 11.2. The molecule has 0 nitrogen and oxygen atoms in total. The van der Waals surface area contributed by atoms with Crippen LogP contribution in [0, 0.1) is 17.7 Å². The molecule has 0 aromatic heterocycles. The van der Waals surface area contributed by atoms with Crippen molar-refractivity contribution in [2.24, 2.45) is 11.8 Å². The molecular formula is C21H32ClF. The molecule has 0 amide bonds. The Morgan fingerprint density at radius 3 is 2.26 bits per heavy atom. The zero-order chi connectivity index (χ0) is 16.5. The van der Waals surface area contributed by atoms with Gasteiger partial charge in [-0.2, -0.15) is 0 Å². The van der Waals surface area contributed by atoms with Crippen LogP contribution in [0.15, 0.2) is 18.2 Å². The van der Waals surface area contributed by atoms with Crippen LogP contribution in [-0.2, 0) is 6.42 Å². The van der Waals surface area contributed by atoms with Crippen molar-refractivity contribution in [1.29, 1.82) is 0 Å². The van der Waals surface area contributed by atoms with E-state index in [2.05, 4.69) is 6.92 Å². The van der Waals surface area contributed by atoms with Crippen molar-refractivity contribution < 1.29 is 4.39 Å². The maximum atomic E-state index is 13.5. The Labute approximate surface area is 146 Å². The molecule has 0 aliphatic heterocycles. The number of unbranched alkanes of at least 4 members (excludes halogenated alkanes) is 4. The van der Waals surface area contributed by atoms with Gasteiger partial charge in [0.1, 0.15) is 5.82 Å². The Kier molecular flexibility index (Phi) is 8.44. The van der Waals surface area contributed by atoms with E-state index in [0.717, 1.165) is 23.8 Å². The molecule has 1 aromatic carbocycles. The molecule has 0 heterocycles. The summed E-state index contributed by atoms with van der Waals surface area (Å²) in [6.45, 7) is 2.28. The standard InChI is InChI=1S/C21H32ClF/c1-2-3-4-5-6-7-17-8-10-18(11-9-17)12-13-19-14-15-20(22)21(23)16-19/h14-18H,2-13H2,1H3. The van der Waals surface area contributed by atoms with Crippen LogP contribution in [0.25, 0.3) is 0 Å². The average molecular weight is 339 g/mol. The second-order valence-electron chi connectivity index (χ2n) is 7.38. The van der Waals surface area contributed by atoms with Gasteiger partial charge in [-0.1, -0.05) is 88.8 Å². The Morgan fingerprint density at radius 1 is 0.957 bits per heavy atom. The van der Waals surface area contributed by atoms with Crippen LogP contribution in [0.5, 0.6) is 0 Å². The van der Waals surface area contributed by atoms with Gasteiger partial charge in [0.15, 0.2) is 0 Å². The van der Waals surface area contributed by atoms with Crippen molar-refractivity contribution in [3.8, 4) is 0 Å². The Balaban J connectivity index is 1.60. The largest absolute Gasteiger partial charge is 0.205 e. The lowest BCUT2D eigenvalue weighted by Crippen LogP contribution is -2.15. The molecule has 130 valence electrons. The van der Waals surface area contributed by atoms with Gasteiger partial charge in [0.2, 0.25) is 0 Å². The van der Waals surface area contributed by atoms with Crippen molar-refractivity contribution in [3.63, 3.8) is 0 Å². The molecule has 23 heavy (non-hydrogen) atoms. The third kappa shape index (κ3) is 6.83. The summed E-state index contributed by atoms with van der Waals surface area (Å²) in [5.41, 5.74) is 1.09. The molecule has 1 aliphatic rings. The number of halogens is 2. The Bertz CT molecular complexity index is 449.